The fraction of sp³-hybridized carbons (Fsp3) is 0.278. The van der Waals surface area contributed by atoms with Crippen molar-refractivity contribution in [2.75, 3.05) is 27.8 Å². The summed E-state index contributed by atoms with van der Waals surface area (Å²) in [5, 5.41) is 0. The van der Waals surface area contributed by atoms with Gasteiger partial charge in [-0.3, -0.25) is 0 Å². The van der Waals surface area contributed by atoms with Gasteiger partial charge in [-0.2, -0.15) is 0 Å². The van der Waals surface area contributed by atoms with Gasteiger partial charge in [0.05, 0.1) is 25.3 Å². The van der Waals surface area contributed by atoms with E-state index >= 15 is 0 Å². The number of hydrogen-bond donors (Lipinski definition) is 0. The smallest absolute Gasteiger partial charge is 0.338 e. The number of hydrogen-bond acceptors (Lipinski definition) is 10. The molecule has 4 aromatic rings. The van der Waals surface area contributed by atoms with Gasteiger partial charge < -0.3 is 37.9 Å². The number of benzene rings is 4. The summed E-state index contributed by atoms with van der Waals surface area (Å²) in [5.74, 6) is 0.558. The predicted octanol–water partition coefficient (Wildman–Crippen LogP) is 6.91. The van der Waals surface area contributed by atoms with Crippen LogP contribution in [0.2, 0.25) is 0 Å². The number of fused-ring (bicyclic) bond motifs is 5. The van der Waals surface area contributed by atoms with Crippen molar-refractivity contribution in [1.82, 2.24) is 0 Å². The molecule has 4 aromatic carbocycles. The predicted molar refractivity (Wildman–Crippen MR) is 165 cm³/mol. The maximum atomic E-state index is 13.7. The van der Waals surface area contributed by atoms with E-state index in [2.05, 4.69) is 0 Å². The van der Waals surface area contributed by atoms with Gasteiger partial charge in [0.2, 0.25) is 25.1 Å². The van der Waals surface area contributed by atoms with Crippen molar-refractivity contribution in [2.24, 2.45) is 11.8 Å². The first-order valence-corrected chi connectivity index (χ1v) is 14.9. The van der Waals surface area contributed by atoms with Crippen LogP contribution in [-0.2, 0) is 9.47 Å². The van der Waals surface area contributed by atoms with Crippen LogP contribution >= 0.6 is 0 Å². The van der Waals surface area contributed by atoms with E-state index < -0.39 is 36.0 Å². The maximum Gasteiger partial charge on any atom is 0.338 e. The highest BCUT2D eigenvalue weighted by atomic mass is 16.7. The van der Waals surface area contributed by atoms with Crippen LogP contribution in [0.25, 0.3) is 11.1 Å². The average molecular weight is 625 g/mol. The minimum atomic E-state index is -0.845. The maximum absolute atomic E-state index is 13.7. The molecule has 3 aliphatic rings. The third-order valence-corrected chi connectivity index (χ3v) is 8.84. The van der Waals surface area contributed by atoms with E-state index in [1.54, 1.807) is 48.5 Å². The SMILES string of the molecule is COc1c2c(cc3c1-c1c(cc4c(c1OC)OCO4)[C@H](OC(=O)c1ccccc1)[C@@H](C)[C@@H](C)[C@H]3OC(=O)c1ccccc1)OCO2. The molecule has 236 valence electrons. The van der Waals surface area contributed by atoms with Gasteiger partial charge >= 0.3 is 11.9 Å². The molecular weight excluding hydrogens is 592 g/mol. The van der Waals surface area contributed by atoms with Gasteiger partial charge in [0.25, 0.3) is 0 Å². The lowest BCUT2D eigenvalue weighted by Crippen LogP contribution is -2.31. The molecule has 0 saturated carbocycles. The lowest BCUT2D eigenvalue weighted by molar-refractivity contribution is -0.0271. The second-order valence-corrected chi connectivity index (χ2v) is 11.3. The lowest BCUT2D eigenvalue weighted by atomic mass is 9.74. The van der Waals surface area contributed by atoms with E-state index in [0.717, 1.165) is 0 Å². The van der Waals surface area contributed by atoms with Gasteiger partial charge in [-0.25, -0.2) is 9.59 Å². The topological polar surface area (TPSA) is 108 Å². The second-order valence-electron chi connectivity index (χ2n) is 11.3. The first-order valence-electron chi connectivity index (χ1n) is 14.9. The molecule has 0 bridgehead atoms. The lowest BCUT2D eigenvalue weighted by Gasteiger charge is -2.38. The van der Waals surface area contributed by atoms with Gasteiger partial charge in [-0.15, -0.1) is 0 Å². The Hall–Kier alpha value is -5.38. The molecule has 10 nitrogen and oxygen atoms in total. The molecule has 0 N–H and O–H groups in total. The van der Waals surface area contributed by atoms with Crippen molar-refractivity contribution in [1.29, 1.82) is 0 Å². The largest absolute Gasteiger partial charge is 0.492 e. The summed E-state index contributed by atoms with van der Waals surface area (Å²) in [6, 6.07) is 21.2. The van der Waals surface area contributed by atoms with Crippen LogP contribution in [0.4, 0.5) is 0 Å². The molecule has 2 aliphatic heterocycles. The van der Waals surface area contributed by atoms with Crippen molar-refractivity contribution in [2.45, 2.75) is 26.1 Å². The number of methoxy groups -OCH3 is 2. The molecule has 0 saturated heterocycles. The normalized spacial score (nSPS) is 20.4. The van der Waals surface area contributed by atoms with Crippen LogP contribution in [0, 0.1) is 11.8 Å². The van der Waals surface area contributed by atoms with Crippen LogP contribution in [0.3, 0.4) is 0 Å². The molecule has 0 unspecified atom stereocenters. The Balaban J connectivity index is 1.51. The Morgan fingerprint density at radius 1 is 0.609 bits per heavy atom. The van der Waals surface area contributed by atoms with Crippen LogP contribution < -0.4 is 28.4 Å². The summed E-state index contributed by atoms with van der Waals surface area (Å²) in [5.41, 5.74) is 3.07. The number of esters is 2. The molecule has 0 spiro atoms. The van der Waals surface area contributed by atoms with Crippen molar-refractivity contribution in [3.63, 3.8) is 0 Å². The second kappa shape index (κ2) is 11.8. The summed E-state index contributed by atoms with van der Waals surface area (Å²) in [6.07, 6.45) is -1.69. The van der Waals surface area contributed by atoms with Crippen LogP contribution in [0.1, 0.15) is 57.9 Å². The number of rotatable bonds is 6. The zero-order valence-corrected chi connectivity index (χ0v) is 25.7. The van der Waals surface area contributed by atoms with Crippen molar-refractivity contribution in [3.8, 4) is 45.6 Å². The third kappa shape index (κ3) is 4.81. The molecule has 46 heavy (non-hydrogen) atoms. The van der Waals surface area contributed by atoms with Crippen LogP contribution in [0.5, 0.6) is 34.5 Å². The Morgan fingerprint density at radius 3 is 1.37 bits per heavy atom. The van der Waals surface area contributed by atoms with Crippen molar-refractivity contribution >= 4 is 11.9 Å². The van der Waals surface area contributed by atoms with Gasteiger partial charge in [0.1, 0.15) is 12.2 Å². The standard InChI is InChI=1S/C36H32O10/c1-19-20(2)30(46-36(38)22-13-9-6-10-14-22)24-16-26-32(44-18-42-26)34(40-4)28(24)27-23(15-25-31(33(27)39-3)43-17-41-25)29(19)45-35(37)21-11-7-5-8-12-21/h5-16,19-20,29-30H,17-18H2,1-4H3/t19-,20+,29-,30-/m1/s1. The summed E-state index contributed by atoms with van der Waals surface area (Å²) >= 11 is 0. The summed E-state index contributed by atoms with van der Waals surface area (Å²) in [7, 11) is 3.05. The van der Waals surface area contributed by atoms with E-state index in [1.165, 1.54) is 14.2 Å². The quantitative estimate of drug-likeness (QED) is 0.210. The van der Waals surface area contributed by atoms with E-state index in [-0.39, 0.29) is 13.6 Å². The molecule has 0 aromatic heterocycles. The highest BCUT2D eigenvalue weighted by Gasteiger charge is 2.45. The molecule has 0 radical (unpaired) electrons. The van der Waals surface area contributed by atoms with Crippen LogP contribution in [0.15, 0.2) is 72.8 Å². The number of carbonyl (C=O) groups is 2. The van der Waals surface area contributed by atoms with E-state index in [0.29, 0.717) is 67.9 Å². The average Bonchev–Trinajstić information content (AvgIpc) is 3.77. The zero-order valence-electron chi connectivity index (χ0n) is 25.7. The Labute approximate surface area is 265 Å². The van der Waals surface area contributed by atoms with Gasteiger partial charge in [-0.1, -0.05) is 50.2 Å². The highest BCUT2D eigenvalue weighted by Crippen LogP contribution is 2.61. The molecule has 0 fully saturated rings. The van der Waals surface area contributed by atoms with Crippen LogP contribution in [-0.4, -0.2) is 39.7 Å². The Kier molecular flexibility index (Phi) is 7.56. The van der Waals surface area contributed by atoms with Gasteiger partial charge in [0, 0.05) is 34.1 Å². The van der Waals surface area contributed by atoms with Crippen molar-refractivity contribution < 1.29 is 47.5 Å². The highest BCUT2D eigenvalue weighted by molar-refractivity contribution is 5.93. The Bertz CT molecular complexity index is 1670. The fourth-order valence-electron chi connectivity index (χ4n) is 6.39. The minimum Gasteiger partial charge on any atom is -0.492 e. The zero-order chi connectivity index (χ0) is 31.9. The molecule has 4 atom stereocenters. The minimum absolute atomic E-state index is 0.0164. The third-order valence-electron chi connectivity index (χ3n) is 8.84. The number of carbonyl (C=O) groups excluding carboxylic acids is 2. The molecule has 10 heteroatoms. The molecular formula is C36H32O10. The number of ether oxygens (including phenoxy) is 8. The summed E-state index contributed by atoms with van der Waals surface area (Å²) in [4.78, 5) is 27.3. The van der Waals surface area contributed by atoms with Crippen molar-refractivity contribution in [3.05, 3.63) is 95.1 Å². The summed E-state index contributed by atoms with van der Waals surface area (Å²) < 4.78 is 48.2. The molecule has 0 amide bonds. The van der Waals surface area contributed by atoms with Gasteiger partial charge in [-0.05, 0) is 36.4 Å². The molecule has 7 rings (SSSR count). The van der Waals surface area contributed by atoms with Gasteiger partial charge in [0.15, 0.2) is 23.0 Å². The first kappa shape index (κ1) is 29.3. The molecule has 1 aliphatic carbocycles. The fourth-order valence-corrected chi connectivity index (χ4v) is 6.39. The first-order chi connectivity index (χ1) is 22.4. The van der Waals surface area contributed by atoms with E-state index in [9.17, 15) is 9.59 Å². The van der Waals surface area contributed by atoms with E-state index in [1.807, 2.05) is 38.1 Å². The Morgan fingerprint density at radius 2 is 1.00 bits per heavy atom. The molecule has 2 heterocycles. The van der Waals surface area contributed by atoms with E-state index in [4.69, 9.17) is 37.9 Å². The summed E-state index contributed by atoms with van der Waals surface area (Å²) in [6.45, 7) is 3.90. The monoisotopic (exact) mass is 624 g/mol.